The molecule has 3 N–H and O–H groups in total. The van der Waals surface area contributed by atoms with Gasteiger partial charge in [-0.3, -0.25) is 14.3 Å². The quantitative estimate of drug-likeness (QED) is 0.860. The Kier molecular flexibility index (Phi) is 4.14. The number of nitrogens with zero attached hydrogens (tertiary/aromatic N) is 2. The van der Waals surface area contributed by atoms with Gasteiger partial charge in [0.15, 0.2) is 5.82 Å². The van der Waals surface area contributed by atoms with E-state index in [4.69, 9.17) is 5.73 Å². The number of hydrogen-bond acceptors (Lipinski definition) is 3. The van der Waals surface area contributed by atoms with Gasteiger partial charge in [0.25, 0.3) is 5.91 Å². The van der Waals surface area contributed by atoms with Crippen molar-refractivity contribution in [2.45, 2.75) is 19.9 Å². The molecule has 1 aromatic heterocycles. The Bertz CT molecular complexity index is 616. The highest BCUT2D eigenvalue weighted by Gasteiger charge is 2.07. The second-order valence-corrected chi connectivity index (χ2v) is 4.50. The molecule has 0 radical (unpaired) electrons. The Balaban J connectivity index is 1.97. The van der Waals surface area contributed by atoms with Crippen LogP contribution >= 0.6 is 0 Å². The summed E-state index contributed by atoms with van der Waals surface area (Å²) >= 11 is 0. The van der Waals surface area contributed by atoms with Crippen molar-refractivity contribution in [3.05, 3.63) is 47.7 Å². The van der Waals surface area contributed by atoms with Gasteiger partial charge in [-0.05, 0) is 19.1 Å². The average Bonchev–Trinajstić information content (AvgIpc) is 2.84. The second kappa shape index (κ2) is 6.01. The minimum Gasteiger partial charge on any atom is -0.370 e. The van der Waals surface area contributed by atoms with Crippen LogP contribution in [0.3, 0.4) is 0 Å². The summed E-state index contributed by atoms with van der Waals surface area (Å²) in [4.78, 5) is 22.6. The minimum atomic E-state index is -0.384. The Hall–Kier alpha value is -2.63. The number of aromatic nitrogens is 2. The fourth-order valence-electron chi connectivity index (χ4n) is 1.67. The molecule has 0 atom stereocenters. The summed E-state index contributed by atoms with van der Waals surface area (Å²) in [5.41, 5.74) is 6.73. The van der Waals surface area contributed by atoms with E-state index in [1.165, 1.54) is 0 Å². The van der Waals surface area contributed by atoms with Crippen molar-refractivity contribution < 1.29 is 9.59 Å². The van der Waals surface area contributed by atoms with E-state index in [1.807, 2.05) is 19.1 Å². The molecule has 2 aromatic rings. The molecule has 20 heavy (non-hydrogen) atoms. The highest BCUT2D eigenvalue weighted by atomic mass is 16.2. The van der Waals surface area contributed by atoms with Gasteiger partial charge in [-0.25, -0.2) is 0 Å². The summed E-state index contributed by atoms with van der Waals surface area (Å²) in [6, 6.07) is 8.94. The standard InChI is InChI=1S/C14H16N4O2/c1-10-2-4-11(5-3-10)14(20)16-13-7-9-18(17-13)8-6-12(15)19/h2-5,7,9H,6,8H2,1H3,(H2,15,19)(H,16,17,20). The Morgan fingerprint density at radius 3 is 2.60 bits per heavy atom. The molecule has 104 valence electrons. The van der Waals surface area contributed by atoms with Crippen molar-refractivity contribution in [1.29, 1.82) is 0 Å². The van der Waals surface area contributed by atoms with Crippen LogP contribution in [0, 0.1) is 6.92 Å². The van der Waals surface area contributed by atoms with E-state index in [2.05, 4.69) is 10.4 Å². The number of benzene rings is 1. The number of carbonyl (C=O) groups is 2. The van der Waals surface area contributed by atoms with Crippen molar-refractivity contribution in [1.82, 2.24) is 9.78 Å². The number of amides is 2. The van der Waals surface area contributed by atoms with Crippen molar-refractivity contribution in [3.63, 3.8) is 0 Å². The SMILES string of the molecule is Cc1ccc(C(=O)Nc2ccn(CCC(N)=O)n2)cc1. The molecule has 0 bridgehead atoms. The van der Waals surface area contributed by atoms with Crippen LogP contribution in [0.2, 0.25) is 0 Å². The summed E-state index contributed by atoms with van der Waals surface area (Å²) in [6.45, 7) is 2.36. The van der Waals surface area contributed by atoms with Gasteiger partial charge in [-0.2, -0.15) is 5.10 Å². The zero-order valence-corrected chi connectivity index (χ0v) is 11.2. The summed E-state index contributed by atoms with van der Waals surface area (Å²) in [5.74, 6) is -0.157. The van der Waals surface area contributed by atoms with E-state index >= 15 is 0 Å². The fourth-order valence-corrected chi connectivity index (χ4v) is 1.67. The van der Waals surface area contributed by atoms with E-state index in [0.717, 1.165) is 5.56 Å². The molecule has 0 saturated carbocycles. The van der Waals surface area contributed by atoms with Gasteiger partial charge in [0.05, 0.1) is 0 Å². The summed E-state index contributed by atoms with van der Waals surface area (Å²) in [5, 5.41) is 6.84. The molecule has 0 fully saturated rings. The first kappa shape index (κ1) is 13.8. The van der Waals surface area contributed by atoms with E-state index in [9.17, 15) is 9.59 Å². The maximum atomic E-state index is 12.0. The van der Waals surface area contributed by atoms with E-state index in [0.29, 0.717) is 17.9 Å². The number of nitrogens with one attached hydrogen (secondary N) is 1. The highest BCUT2D eigenvalue weighted by Crippen LogP contribution is 2.08. The first-order valence-electron chi connectivity index (χ1n) is 6.24. The van der Waals surface area contributed by atoms with Crippen LogP contribution in [0.4, 0.5) is 5.82 Å². The van der Waals surface area contributed by atoms with Gasteiger partial charge in [0, 0.05) is 30.8 Å². The molecule has 0 unspecified atom stereocenters. The van der Waals surface area contributed by atoms with Crippen molar-refractivity contribution >= 4 is 17.6 Å². The summed E-state index contributed by atoms with van der Waals surface area (Å²) in [7, 11) is 0. The second-order valence-electron chi connectivity index (χ2n) is 4.50. The molecule has 0 aliphatic rings. The van der Waals surface area contributed by atoms with Gasteiger partial charge in [-0.1, -0.05) is 17.7 Å². The lowest BCUT2D eigenvalue weighted by molar-refractivity contribution is -0.118. The van der Waals surface area contributed by atoms with Crippen LogP contribution in [-0.4, -0.2) is 21.6 Å². The molecule has 1 aromatic carbocycles. The molecule has 1 heterocycles. The van der Waals surface area contributed by atoms with E-state index in [1.54, 1.807) is 29.1 Å². The lowest BCUT2D eigenvalue weighted by atomic mass is 10.1. The maximum absolute atomic E-state index is 12.0. The van der Waals surface area contributed by atoms with Gasteiger partial charge >= 0.3 is 0 Å². The van der Waals surface area contributed by atoms with Crippen molar-refractivity contribution in [3.8, 4) is 0 Å². The number of anilines is 1. The molecule has 0 aliphatic heterocycles. The van der Waals surface area contributed by atoms with Crippen molar-refractivity contribution in [2.75, 3.05) is 5.32 Å². The lowest BCUT2D eigenvalue weighted by Crippen LogP contribution is -2.15. The molecule has 0 spiro atoms. The zero-order chi connectivity index (χ0) is 14.5. The minimum absolute atomic E-state index is 0.215. The van der Waals surface area contributed by atoms with E-state index < -0.39 is 0 Å². The summed E-state index contributed by atoms with van der Waals surface area (Å²) < 4.78 is 1.56. The average molecular weight is 272 g/mol. The third-order valence-corrected chi connectivity index (χ3v) is 2.78. The Morgan fingerprint density at radius 2 is 1.95 bits per heavy atom. The molecular weight excluding hydrogens is 256 g/mol. The van der Waals surface area contributed by atoms with Crippen LogP contribution in [0.25, 0.3) is 0 Å². The number of carbonyl (C=O) groups excluding carboxylic acids is 2. The molecule has 2 amide bonds. The van der Waals surface area contributed by atoms with Gasteiger partial charge in [0.1, 0.15) is 0 Å². The normalized spacial score (nSPS) is 10.2. The predicted molar refractivity (Wildman–Crippen MR) is 75.2 cm³/mol. The monoisotopic (exact) mass is 272 g/mol. The van der Waals surface area contributed by atoms with Crippen LogP contribution in [0.5, 0.6) is 0 Å². The predicted octanol–water partition coefficient (Wildman–Crippen LogP) is 1.32. The summed E-state index contributed by atoms with van der Waals surface area (Å²) in [6.07, 6.45) is 1.90. The first-order chi connectivity index (χ1) is 9.54. The topological polar surface area (TPSA) is 90.0 Å². The van der Waals surface area contributed by atoms with Crippen LogP contribution in [-0.2, 0) is 11.3 Å². The first-order valence-corrected chi connectivity index (χ1v) is 6.24. The molecular formula is C14H16N4O2. The third-order valence-electron chi connectivity index (χ3n) is 2.78. The maximum Gasteiger partial charge on any atom is 0.256 e. The number of aryl methyl sites for hydroxylation is 2. The largest absolute Gasteiger partial charge is 0.370 e. The number of rotatable bonds is 5. The molecule has 6 nitrogen and oxygen atoms in total. The number of primary amides is 1. The zero-order valence-electron chi connectivity index (χ0n) is 11.2. The van der Waals surface area contributed by atoms with Crippen molar-refractivity contribution in [2.24, 2.45) is 5.73 Å². The van der Waals surface area contributed by atoms with Crippen LogP contribution < -0.4 is 11.1 Å². The lowest BCUT2D eigenvalue weighted by Gasteiger charge is -2.02. The van der Waals surface area contributed by atoms with E-state index in [-0.39, 0.29) is 18.2 Å². The van der Waals surface area contributed by atoms with Crippen LogP contribution in [0.1, 0.15) is 22.3 Å². The van der Waals surface area contributed by atoms with Crippen LogP contribution in [0.15, 0.2) is 36.5 Å². The number of hydrogen-bond donors (Lipinski definition) is 2. The highest BCUT2D eigenvalue weighted by molar-refractivity contribution is 6.03. The fraction of sp³-hybridized carbons (Fsp3) is 0.214. The van der Waals surface area contributed by atoms with Gasteiger partial charge < -0.3 is 11.1 Å². The molecule has 0 saturated heterocycles. The number of nitrogens with two attached hydrogens (primary N) is 1. The van der Waals surface area contributed by atoms with Gasteiger partial charge in [0.2, 0.25) is 5.91 Å². The smallest absolute Gasteiger partial charge is 0.256 e. The third kappa shape index (κ3) is 3.68. The van der Waals surface area contributed by atoms with Gasteiger partial charge in [-0.15, -0.1) is 0 Å². The Labute approximate surface area is 116 Å². The molecule has 0 aliphatic carbocycles. The molecule has 2 rings (SSSR count). The molecule has 6 heteroatoms. The Morgan fingerprint density at radius 1 is 1.25 bits per heavy atom.